The number of ether oxygens (including phenoxy) is 1. The first-order valence-electron chi connectivity index (χ1n) is 14.5. The van der Waals surface area contributed by atoms with E-state index < -0.39 is 6.03 Å². The molecule has 0 unspecified atom stereocenters. The average Bonchev–Trinajstić information content (AvgIpc) is 3.07. The van der Waals surface area contributed by atoms with E-state index in [2.05, 4.69) is 27.5 Å². The van der Waals surface area contributed by atoms with Crippen LogP contribution in [0.5, 0.6) is 11.5 Å². The second-order valence-corrected chi connectivity index (χ2v) is 11.1. The molecule has 0 saturated heterocycles. The molecule has 0 aliphatic carbocycles. The first kappa shape index (κ1) is 33.0. The van der Waals surface area contributed by atoms with Gasteiger partial charge in [0.05, 0.1) is 25.9 Å². The van der Waals surface area contributed by atoms with E-state index >= 15 is 0 Å². The topological polar surface area (TPSA) is 149 Å². The Bertz CT molecular complexity index is 1870. The summed E-state index contributed by atoms with van der Waals surface area (Å²) in [5.41, 5.74) is 3.28. The Morgan fingerprint density at radius 1 is 1.11 bits per heavy atom. The zero-order chi connectivity index (χ0) is 33.7. The normalized spacial score (nSPS) is 12.3. The van der Waals surface area contributed by atoms with Gasteiger partial charge in [0.15, 0.2) is 0 Å². The second kappa shape index (κ2) is 14.4. The number of methoxy groups -OCH3 is 1. The maximum Gasteiger partial charge on any atom is 0.330 e. The van der Waals surface area contributed by atoms with Crippen LogP contribution in [0.1, 0.15) is 30.0 Å². The number of urea groups is 1. The number of halogens is 2. The maximum atomic E-state index is 14.3. The molecule has 0 fully saturated rings. The number of phenols is 1. The number of phenolic OH excluding ortho intramolecular Hbond substituents is 1. The molecule has 0 atom stereocenters. The lowest BCUT2D eigenvalue weighted by Crippen LogP contribution is -2.48. The average molecular weight is 677 g/mol. The molecule has 1 aliphatic heterocycles. The van der Waals surface area contributed by atoms with E-state index in [0.717, 1.165) is 5.56 Å². The molecule has 1 aromatic heterocycles. The van der Waals surface area contributed by atoms with Crippen molar-refractivity contribution in [3.8, 4) is 11.5 Å². The van der Waals surface area contributed by atoms with E-state index in [0.29, 0.717) is 34.7 Å². The fraction of sp³-hybridized carbons (Fsp3) is 0.182. The van der Waals surface area contributed by atoms with Crippen molar-refractivity contribution < 1.29 is 24.2 Å². The van der Waals surface area contributed by atoms with E-state index in [1.165, 1.54) is 29.1 Å². The molecule has 5 rings (SSSR count). The van der Waals surface area contributed by atoms with Crippen molar-refractivity contribution in [1.29, 1.82) is 0 Å². The van der Waals surface area contributed by atoms with Crippen molar-refractivity contribution >= 4 is 69.9 Å². The van der Waals surface area contributed by atoms with E-state index in [9.17, 15) is 19.5 Å². The molecule has 14 heteroatoms. The van der Waals surface area contributed by atoms with E-state index in [-0.39, 0.29) is 64.6 Å². The van der Waals surface area contributed by atoms with Gasteiger partial charge in [0, 0.05) is 42.2 Å². The number of anilines is 5. The van der Waals surface area contributed by atoms with Crippen molar-refractivity contribution in [3.05, 3.63) is 100 Å². The Kier molecular flexibility index (Phi) is 10.1. The fourth-order valence-electron chi connectivity index (χ4n) is 4.92. The monoisotopic (exact) mass is 675 g/mol. The van der Waals surface area contributed by atoms with E-state index in [4.69, 9.17) is 32.9 Å². The summed E-state index contributed by atoms with van der Waals surface area (Å²) in [6.45, 7) is 5.55. The van der Waals surface area contributed by atoms with Crippen molar-refractivity contribution in [3.63, 3.8) is 0 Å². The number of nitrogens with one attached hydrogen (secondary N) is 3. The minimum Gasteiger partial charge on any atom is -0.506 e. The number of rotatable bonds is 11. The fourth-order valence-corrected chi connectivity index (χ4v) is 5.55. The maximum absolute atomic E-state index is 14.3. The van der Waals surface area contributed by atoms with Crippen molar-refractivity contribution in [2.45, 2.75) is 33.0 Å². The molecule has 4 amide bonds. The minimum atomic E-state index is -0.529. The highest BCUT2D eigenvalue weighted by atomic mass is 35.5. The highest BCUT2D eigenvalue weighted by Gasteiger charge is 2.36. The number of nitrogens with zero attached hydrogens (tertiary/aromatic N) is 4. The number of carbonyl (C=O) groups is 3. The van der Waals surface area contributed by atoms with Crippen LogP contribution in [0.4, 0.5) is 33.6 Å². The number of amides is 4. The summed E-state index contributed by atoms with van der Waals surface area (Å²) in [6, 6.07) is 15.1. The SMILES string of the molecule is C=CC(=O)Nc1ccccc1CNc1ncc2c(n1)N(Cc1cccc(NC(=O)CC)c1)C(=O)N(c1c(Cl)c(O)cc(OC)c1Cl)C2. The molecule has 0 spiro atoms. The lowest BCUT2D eigenvalue weighted by molar-refractivity contribution is -0.116. The molecule has 242 valence electrons. The number of hydrogen-bond acceptors (Lipinski definition) is 8. The zero-order valence-corrected chi connectivity index (χ0v) is 27.0. The van der Waals surface area contributed by atoms with Gasteiger partial charge in [-0.05, 0) is 35.4 Å². The number of para-hydroxylation sites is 1. The highest BCUT2D eigenvalue weighted by Crippen LogP contribution is 2.47. The largest absolute Gasteiger partial charge is 0.506 e. The summed E-state index contributed by atoms with van der Waals surface area (Å²) in [4.78, 5) is 50.2. The zero-order valence-electron chi connectivity index (χ0n) is 25.5. The van der Waals surface area contributed by atoms with Gasteiger partial charge in [0.2, 0.25) is 17.8 Å². The molecular formula is C33H31Cl2N7O5. The highest BCUT2D eigenvalue weighted by molar-refractivity contribution is 6.42. The van der Waals surface area contributed by atoms with Gasteiger partial charge >= 0.3 is 6.03 Å². The Morgan fingerprint density at radius 2 is 1.89 bits per heavy atom. The predicted octanol–water partition coefficient (Wildman–Crippen LogP) is 6.73. The molecule has 0 radical (unpaired) electrons. The van der Waals surface area contributed by atoms with Crippen LogP contribution in [0.15, 0.2) is 73.4 Å². The number of benzene rings is 3. The smallest absolute Gasteiger partial charge is 0.330 e. The molecule has 1 aliphatic rings. The molecule has 4 aromatic rings. The Hall–Kier alpha value is -5.33. The Balaban J connectivity index is 1.52. The van der Waals surface area contributed by atoms with Gasteiger partial charge in [0.25, 0.3) is 0 Å². The number of fused-ring (bicyclic) bond motifs is 1. The Morgan fingerprint density at radius 3 is 2.64 bits per heavy atom. The standard InChI is InChI=1S/C33H31Cl2N7O5/c1-4-26(44)38-22-11-8-9-19(13-22)17-42-31-21(18-41(33(42)46)30-28(34)24(43)14-25(47-3)29(30)35)16-37-32(40-31)36-15-20-10-6-7-12-23(20)39-27(45)5-2/h5-14,16,43H,2,4,15,17-18H2,1,3H3,(H,38,44)(H,39,45)(H,36,37,40). The van der Waals surface area contributed by atoms with Crippen molar-refractivity contribution in [1.82, 2.24) is 9.97 Å². The van der Waals surface area contributed by atoms with Gasteiger partial charge in [-0.25, -0.2) is 9.78 Å². The van der Waals surface area contributed by atoms with Crippen LogP contribution >= 0.6 is 23.2 Å². The molecule has 47 heavy (non-hydrogen) atoms. The quantitative estimate of drug-likeness (QED) is 0.128. The molecule has 3 aromatic carbocycles. The summed E-state index contributed by atoms with van der Waals surface area (Å²) >= 11 is 13.1. The molecule has 0 bridgehead atoms. The van der Waals surface area contributed by atoms with Crippen LogP contribution in [-0.4, -0.2) is 40.0 Å². The lowest BCUT2D eigenvalue weighted by Gasteiger charge is -2.37. The third-order valence-corrected chi connectivity index (χ3v) is 8.01. The summed E-state index contributed by atoms with van der Waals surface area (Å²) in [5, 5.41) is 19.2. The van der Waals surface area contributed by atoms with Crippen LogP contribution in [-0.2, 0) is 29.2 Å². The first-order chi connectivity index (χ1) is 22.6. The Labute approximate surface area is 281 Å². The molecule has 2 heterocycles. The van der Waals surface area contributed by atoms with Gasteiger partial charge in [-0.2, -0.15) is 4.98 Å². The van der Waals surface area contributed by atoms with Crippen molar-refractivity contribution in [2.75, 3.05) is 32.9 Å². The summed E-state index contributed by atoms with van der Waals surface area (Å²) in [6.07, 6.45) is 3.08. The number of aromatic nitrogens is 2. The molecule has 4 N–H and O–H groups in total. The van der Waals surface area contributed by atoms with E-state index in [1.807, 2.05) is 18.2 Å². The third-order valence-electron chi connectivity index (χ3n) is 7.27. The number of aromatic hydroxyl groups is 1. The minimum absolute atomic E-state index is 0.0139. The van der Waals surface area contributed by atoms with Crippen LogP contribution in [0, 0.1) is 0 Å². The third kappa shape index (κ3) is 7.24. The molecular weight excluding hydrogens is 645 g/mol. The summed E-state index contributed by atoms with van der Waals surface area (Å²) in [5.74, 6) is -0.104. The molecule has 0 saturated carbocycles. The number of carbonyl (C=O) groups excluding carboxylic acids is 3. The predicted molar refractivity (Wildman–Crippen MR) is 182 cm³/mol. The molecule has 12 nitrogen and oxygen atoms in total. The summed E-state index contributed by atoms with van der Waals surface area (Å²) < 4.78 is 5.31. The van der Waals surface area contributed by atoms with Gasteiger partial charge in [-0.15, -0.1) is 0 Å². The number of hydrogen-bond donors (Lipinski definition) is 4. The van der Waals surface area contributed by atoms with Crippen LogP contribution in [0.3, 0.4) is 0 Å². The lowest BCUT2D eigenvalue weighted by atomic mass is 10.1. The van der Waals surface area contributed by atoms with Crippen LogP contribution in [0.2, 0.25) is 10.0 Å². The van der Waals surface area contributed by atoms with Gasteiger partial charge in [-0.3, -0.25) is 19.4 Å². The van der Waals surface area contributed by atoms with Crippen LogP contribution in [0.25, 0.3) is 0 Å². The van der Waals surface area contributed by atoms with Gasteiger partial charge in [-0.1, -0.05) is 67.0 Å². The van der Waals surface area contributed by atoms with Crippen molar-refractivity contribution in [2.24, 2.45) is 0 Å². The van der Waals surface area contributed by atoms with E-state index in [1.54, 1.807) is 43.5 Å². The van der Waals surface area contributed by atoms with Gasteiger partial charge in [0.1, 0.15) is 27.4 Å². The second-order valence-electron chi connectivity index (χ2n) is 10.4. The van der Waals surface area contributed by atoms with Gasteiger partial charge < -0.3 is 25.8 Å². The van der Waals surface area contributed by atoms with Crippen LogP contribution < -0.4 is 30.5 Å². The first-order valence-corrected chi connectivity index (χ1v) is 15.2. The summed E-state index contributed by atoms with van der Waals surface area (Å²) in [7, 11) is 1.39.